The fourth-order valence-electron chi connectivity index (χ4n) is 2.74. The number of aryl methyl sites for hydroxylation is 1. The quantitative estimate of drug-likeness (QED) is 0.565. The zero-order chi connectivity index (χ0) is 17.4. The highest BCUT2D eigenvalue weighted by molar-refractivity contribution is 5.95. The van der Waals surface area contributed by atoms with E-state index in [1.165, 1.54) is 24.3 Å². The minimum absolute atomic E-state index is 0.00141. The van der Waals surface area contributed by atoms with E-state index in [1.54, 1.807) is 29.7 Å². The molecule has 24 heavy (non-hydrogen) atoms. The number of aromatic nitrogens is 1. The maximum atomic E-state index is 11.5. The highest BCUT2D eigenvalue weighted by Crippen LogP contribution is 2.26. The van der Waals surface area contributed by atoms with E-state index < -0.39 is 10.9 Å². The van der Waals surface area contributed by atoms with Crippen molar-refractivity contribution in [1.29, 1.82) is 0 Å². The van der Waals surface area contributed by atoms with Crippen LogP contribution < -0.4 is 0 Å². The molecule has 0 atom stereocenters. The highest BCUT2D eigenvalue weighted by atomic mass is 16.6. The summed E-state index contributed by atoms with van der Waals surface area (Å²) in [6.45, 7) is 1.83. The summed E-state index contributed by atoms with van der Waals surface area (Å²) in [7, 11) is 0. The molecule has 1 aromatic heterocycles. The highest BCUT2D eigenvalue weighted by Gasteiger charge is 2.17. The summed E-state index contributed by atoms with van der Waals surface area (Å²) in [6, 6.07) is 10.9. The van der Waals surface area contributed by atoms with E-state index in [-0.39, 0.29) is 23.7 Å². The van der Waals surface area contributed by atoms with Crippen LogP contribution in [-0.2, 0) is 6.54 Å². The summed E-state index contributed by atoms with van der Waals surface area (Å²) in [4.78, 5) is 22.1. The number of aromatic carboxylic acids is 1. The maximum Gasteiger partial charge on any atom is 0.352 e. The van der Waals surface area contributed by atoms with Gasteiger partial charge in [0.2, 0.25) is 0 Å². The molecule has 2 aromatic carbocycles. The molecule has 3 aromatic rings. The number of hydrogen-bond donors (Lipinski definition) is 2. The van der Waals surface area contributed by atoms with E-state index in [0.717, 1.165) is 0 Å². The van der Waals surface area contributed by atoms with Crippen LogP contribution in [0.15, 0.2) is 42.5 Å². The van der Waals surface area contributed by atoms with Gasteiger partial charge in [0, 0.05) is 29.1 Å². The number of aromatic hydroxyl groups is 1. The largest absolute Gasteiger partial charge is 0.508 e. The molecular formula is C17H14N2O5. The third kappa shape index (κ3) is 2.67. The zero-order valence-corrected chi connectivity index (χ0v) is 12.8. The second kappa shape index (κ2) is 5.69. The van der Waals surface area contributed by atoms with Gasteiger partial charge >= 0.3 is 5.97 Å². The monoisotopic (exact) mass is 326 g/mol. The summed E-state index contributed by atoms with van der Waals surface area (Å²) in [6.07, 6.45) is 0. The van der Waals surface area contributed by atoms with Gasteiger partial charge in [-0.2, -0.15) is 0 Å². The van der Waals surface area contributed by atoms with Gasteiger partial charge in [-0.25, -0.2) is 4.79 Å². The molecule has 7 heteroatoms. The first kappa shape index (κ1) is 15.5. The van der Waals surface area contributed by atoms with Crippen molar-refractivity contribution in [3.63, 3.8) is 0 Å². The van der Waals surface area contributed by atoms with Crippen LogP contribution in [0.25, 0.3) is 10.9 Å². The molecule has 0 aliphatic rings. The standard InChI is InChI=1S/C17H14N2O5/c1-10-2-3-11(6-15(10)19(23)24)9-18-14-5-4-13(20)7-12(14)8-16(18)17(21)22/h2-8,20H,9H2,1H3,(H,21,22). The van der Waals surface area contributed by atoms with E-state index in [2.05, 4.69) is 0 Å². The molecule has 7 nitrogen and oxygen atoms in total. The molecule has 0 saturated heterocycles. The maximum absolute atomic E-state index is 11.5. The first-order valence-corrected chi connectivity index (χ1v) is 7.16. The number of carboxylic acids is 1. The number of fused-ring (bicyclic) bond motifs is 1. The van der Waals surface area contributed by atoms with E-state index in [0.29, 0.717) is 22.0 Å². The predicted molar refractivity (Wildman–Crippen MR) is 87.5 cm³/mol. The van der Waals surface area contributed by atoms with Crippen LogP contribution >= 0.6 is 0 Å². The van der Waals surface area contributed by atoms with Crippen molar-refractivity contribution in [3.05, 3.63) is 69.4 Å². The van der Waals surface area contributed by atoms with E-state index in [9.17, 15) is 25.1 Å². The van der Waals surface area contributed by atoms with Gasteiger partial charge < -0.3 is 14.8 Å². The van der Waals surface area contributed by atoms with Crippen LogP contribution in [0, 0.1) is 17.0 Å². The number of nitrogens with zero attached hydrogens (tertiary/aromatic N) is 2. The lowest BCUT2D eigenvalue weighted by Gasteiger charge is -2.09. The average Bonchev–Trinajstić information content (AvgIpc) is 2.86. The first-order valence-electron chi connectivity index (χ1n) is 7.16. The lowest BCUT2D eigenvalue weighted by molar-refractivity contribution is -0.385. The average molecular weight is 326 g/mol. The van der Waals surface area contributed by atoms with Gasteiger partial charge in [0.1, 0.15) is 11.4 Å². The molecule has 0 radical (unpaired) electrons. The molecule has 1 heterocycles. The minimum atomic E-state index is -1.10. The SMILES string of the molecule is Cc1ccc(Cn2c(C(=O)O)cc3cc(O)ccc32)cc1[N+](=O)[O-]. The lowest BCUT2D eigenvalue weighted by Crippen LogP contribution is -2.09. The molecule has 0 spiro atoms. The molecule has 122 valence electrons. The van der Waals surface area contributed by atoms with Crippen LogP contribution in [0.2, 0.25) is 0 Å². The molecule has 3 rings (SSSR count). The number of benzene rings is 2. The van der Waals surface area contributed by atoms with Gasteiger partial charge in [0.25, 0.3) is 5.69 Å². The smallest absolute Gasteiger partial charge is 0.352 e. The summed E-state index contributed by atoms with van der Waals surface area (Å²) < 4.78 is 1.56. The molecular weight excluding hydrogens is 312 g/mol. The Morgan fingerprint density at radius 1 is 1.21 bits per heavy atom. The third-order valence-electron chi connectivity index (χ3n) is 3.91. The third-order valence-corrected chi connectivity index (χ3v) is 3.91. The Morgan fingerprint density at radius 2 is 1.96 bits per heavy atom. The van der Waals surface area contributed by atoms with Crippen LogP contribution in [0.5, 0.6) is 5.75 Å². The van der Waals surface area contributed by atoms with Crippen molar-refractivity contribution in [3.8, 4) is 5.75 Å². The molecule has 0 fully saturated rings. The molecule has 0 saturated carbocycles. The fraction of sp³-hybridized carbons (Fsp3) is 0.118. The van der Waals surface area contributed by atoms with Crippen LogP contribution in [0.1, 0.15) is 21.6 Å². The normalized spacial score (nSPS) is 10.9. The fourth-order valence-corrected chi connectivity index (χ4v) is 2.74. The number of hydrogen-bond acceptors (Lipinski definition) is 4. The van der Waals surface area contributed by atoms with Crippen LogP contribution in [-0.4, -0.2) is 25.7 Å². The summed E-state index contributed by atoms with van der Waals surface area (Å²) in [5, 5.41) is 30.6. The Morgan fingerprint density at radius 3 is 2.62 bits per heavy atom. The Kier molecular flexibility index (Phi) is 3.69. The second-order valence-electron chi connectivity index (χ2n) is 5.54. The number of carboxylic acid groups (broad SMARTS) is 1. The Labute approximate surface area is 136 Å². The Balaban J connectivity index is 2.13. The topological polar surface area (TPSA) is 106 Å². The van der Waals surface area contributed by atoms with E-state index in [4.69, 9.17) is 0 Å². The lowest BCUT2D eigenvalue weighted by atomic mass is 10.1. The number of phenolic OH excluding ortho intramolecular Hbond substituents is 1. The van der Waals surface area contributed by atoms with Crippen molar-refractivity contribution < 1.29 is 19.9 Å². The van der Waals surface area contributed by atoms with Gasteiger partial charge in [-0.3, -0.25) is 10.1 Å². The van der Waals surface area contributed by atoms with Crippen molar-refractivity contribution in [2.24, 2.45) is 0 Å². The van der Waals surface area contributed by atoms with Gasteiger partial charge in [0.05, 0.1) is 4.92 Å². The Bertz CT molecular complexity index is 975. The van der Waals surface area contributed by atoms with Gasteiger partial charge in [-0.1, -0.05) is 12.1 Å². The number of phenols is 1. The molecule has 0 amide bonds. The predicted octanol–water partition coefficient (Wildman–Crippen LogP) is 3.31. The van der Waals surface area contributed by atoms with Gasteiger partial charge in [-0.05, 0) is 36.8 Å². The van der Waals surface area contributed by atoms with Crippen LogP contribution in [0.3, 0.4) is 0 Å². The van der Waals surface area contributed by atoms with Gasteiger partial charge in [-0.15, -0.1) is 0 Å². The molecule has 0 aliphatic carbocycles. The van der Waals surface area contributed by atoms with Crippen molar-refractivity contribution >= 4 is 22.6 Å². The van der Waals surface area contributed by atoms with Crippen molar-refractivity contribution in [2.75, 3.05) is 0 Å². The number of rotatable bonds is 4. The molecule has 0 aliphatic heterocycles. The zero-order valence-electron chi connectivity index (χ0n) is 12.8. The summed E-state index contributed by atoms with van der Waals surface area (Å²) in [5.41, 5.74) is 1.86. The Hall–Kier alpha value is -3.35. The first-order chi connectivity index (χ1) is 11.4. The molecule has 0 bridgehead atoms. The summed E-state index contributed by atoms with van der Waals surface area (Å²) >= 11 is 0. The summed E-state index contributed by atoms with van der Waals surface area (Å²) in [5.74, 6) is -1.06. The van der Waals surface area contributed by atoms with E-state index >= 15 is 0 Å². The number of nitro benzene ring substituents is 1. The molecule has 0 unspecified atom stereocenters. The molecule has 2 N–H and O–H groups in total. The van der Waals surface area contributed by atoms with Crippen molar-refractivity contribution in [1.82, 2.24) is 4.57 Å². The van der Waals surface area contributed by atoms with Crippen LogP contribution in [0.4, 0.5) is 5.69 Å². The number of nitro groups is 1. The van der Waals surface area contributed by atoms with Crippen molar-refractivity contribution in [2.45, 2.75) is 13.5 Å². The minimum Gasteiger partial charge on any atom is -0.508 e. The number of carbonyl (C=O) groups is 1. The second-order valence-corrected chi connectivity index (χ2v) is 5.54. The van der Waals surface area contributed by atoms with Gasteiger partial charge in [0.15, 0.2) is 0 Å². The van der Waals surface area contributed by atoms with E-state index in [1.807, 2.05) is 0 Å².